The van der Waals surface area contributed by atoms with Crippen LogP contribution in [0.3, 0.4) is 0 Å². The van der Waals surface area contributed by atoms with Gasteiger partial charge in [-0.2, -0.15) is 0 Å². The molecule has 0 aromatic heterocycles. The van der Waals surface area contributed by atoms with Gasteiger partial charge in [0.2, 0.25) is 0 Å². The minimum absolute atomic E-state index is 0.395. The van der Waals surface area contributed by atoms with Gasteiger partial charge in [-0.25, -0.2) is 4.79 Å². The lowest BCUT2D eigenvalue weighted by atomic mass is 9.89. The fourth-order valence-electron chi connectivity index (χ4n) is 2.61. The second-order valence-corrected chi connectivity index (χ2v) is 5.13. The molecular formula is C19H20O2. The summed E-state index contributed by atoms with van der Waals surface area (Å²) in [5.41, 5.74) is 5.38. The molecule has 0 atom stereocenters. The summed E-state index contributed by atoms with van der Waals surface area (Å²) in [6.45, 7) is 6.10. The number of aliphatic carboxylic acids is 1. The summed E-state index contributed by atoms with van der Waals surface area (Å²) in [4.78, 5) is 11.8. The minimum Gasteiger partial charge on any atom is -0.478 e. The van der Waals surface area contributed by atoms with Crippen molar-refractivity contribution in [2.45, 2.75) is 27.2 Å². The molecule has 0 spiro atoms. The first-order valence-electron chi connectivity index (χ1n) is 7.14. The van der Waals surface area contributed by atoms with E-state index in [1.807, 2.05) is 56.3 Å². The van der Waals surface area contributed by atoms with E-state index in [0.717, 1.165) is 22.3 Å². The number of aryl methyl sites for hydroxylation is 1. The number of carbonyl (C=O) groups is 1. The lowest BCUT2D eigenvalue weighted by Gasteiger charge is -2.15. The molecule has 0 unspecified atom stereocenters. The molecule has 0 aliphatic carbocycles. The standard InChI is InChI=1S/C19H20O2/c1-4-16(17-12-8-9-13(2)14(17)3)18(19(20)21)15-10-6-5-7-11-15/h5-12H,4H2,1-3H3,(H,20,21). The second kappa shape index (κ2) is 6.40. The van der Waals surface area contributed by atoms with E-state index in [1.165, 1.54) is 5.56 Å². The zero-order valence-electron chi connectivity index (χ0n) is 12.7. The molecule has 2 aromatic carbocycles. The number of hydrogen-bond donors (Lipinski definition) is 1. The first-order chi connectivity index (χ1) is 10.1. The van der Waals surface area contributed by atoms with Crippen LogP contribution in [0.25, 0.3) is 11.1 Å². The fraction of sp³-hybridized carbons (Fsp3) is 0.211. The van der Waals surface area contributed by atoms with Gasteiger partial charge in [0.15, 0.2) is 0 Å². The molecule has 2 aromatic rings. The zero-order valence-corrected chi connectivity index (χ0v) is 12.7. The van der Waals surface area contributed by atoms with Gasteiger partial charge >= 0.3 is 5.97 Å². The van der Waals surface area contributed by atoms with Crippen molar-refractivity contribution in [2.24, 2.45) is 0 Å². The van der Waals surface area contributed by atoms with Gasteiger partial charge in [0.25, 0.3) is 0 Å². The SMILES string of the molecule is CCC(=C(C(=O)O)c1ccccc1)c1cccc(C)c1C. The predicted octanol–water partition coefficient (Wildman–Crippen LogP) is 4.71. The van der Waals surface area contributed by atoms with Crippen LogP contribution < -0.4 is 0 Å². The minimum atomic E-state index is -0.876. The van der Waals surface area contributed by atoms with Gasteiger partial charge in [-0.15, -0.1) is 0 Å². The zero-order chi connectivity index (χ0) is 15.4. The van der Waals surface area contributed by atoms with Crippen molar-refractivity contribution in [3.05, 3.63) is 70.8 Å². The Kier molecular flexibility index (Phi) is 4.59. The summed E-state index contributed by atoms with van der Waals surface area (Å²) in [7, 11) is 0. The Balaban J connectivity index is 2.74. The third-order valence-corrected chi connectivity index (χ3v) is 3.86. The van der Waals surface area contributed by atoms with E-state index in [2.05, 4.69) is 13.0 Å². The van der Waals surface area contributed by atoms with E-state index in [1.54, 1.807) is 0 Å². The van der Waals surface area contributed by atoms with Crippen molar-refractivity contribution in [2.75, 3.05) is 0 Å². The molecule has 0 radical (unpaired) electrons. The Morgan fingerprint density at radius 3 is 2.24 bits per heavy atom. The topological polar surface area (TPSA) is 37.3 Å². The van der Waals surface area contributed by atoms with Crippen LogP contribution in [-0.4, -0.2) is 11.1 Å². The molecule has 0 amide bonds. The molecule has 0 fully saturated rings. The lowest BCUT2D eigenvalue weighted by molar-refractivity contribution is -0.130. The van der Waals surface area contributed by atoms with Crippen LogP contribution in [0.5, 0.6) is 0 Å². The van der Waals surface area contributed by atoms with E-state index in [4.69, 9.17) is 0 Å². The first-order valence-corrected chi connectivity index (χ1v) is 7.14. The Morgan fingerprint density at radius 2 is 1.67 bits per heavy atom. The monoisotopic (exact) mass is 280 g/mol. The molecule has 2 heteroatoms. The van der Waals surface area contributed by atoms with Gasteiger partial charge in [0.1, 0.15) is 0 Å². The van der Waals surface area contributed by atoms with Crippen LogP contribution in [0.1, 0.15) is 35.6 Å². The van der Waals surface area contributed by atoms with Gasteiger partial charge in [-0.1, -0.05) is 55.5 Å². The van der Waals surface area contributed by atoms with Crippen LogP contribution in [0, 0.1) is 13.8 Å². The predicted molar refractivity (Wildman–Crippen MR) is 87.1 cm³/mol. The van der Waals surface area contributed by atoms with Crippen molar-refractivity contribution < 1.29 is 9.90 Å². The average molecular weight is 280 g/mol. The van der Waals surface area contributed by atoms with Crippen molar-refractivity contribution in [1.29, 1.82) is 0 Å². The van der Waals surface area contributed by atoms with Crippen LogP contribution in [0.4, 0.5) is 0 Å². The fourth-order valence-corrected chi connectivity index (χ4v) is 2.61. The molecule has 0 aliphatic rings. The highest BCUT2D eigenvalue weighted by atomic mass is 16.4. The highest BCUT2D eigenvalue weighted by molar-refractivity contribution is 6.23. The lowest BCUT2D eigenvalue weighted by Crippen LogP contribution is -2.04. The van der Waals surface area contributed by atoms with Gasteiger partial charge in [0.05, 0.1) is 5.57 Å². The maximum atomic E-state index is 11.8. The van der Waals surface area contributed by atoms with Gasteiger partial charge in [-0.3, -0.25) is 0 Å². The average Bonchev–Trinajstić information content (AvgIpc) is 2.48. The largest absolute Gasteiger partial charge is 0.478 e. The Bertz CT molecular complexity index is 682. The molecule has 0 saturated carbocycles. The molecule has 2 nitrogen and oxygen atoms in total. The summed E-state index contributed by atoms with van der Waals surface area (Å²) in [5, 5.41) is 9.69. The summed E-state index contributed by atoms with van der Waals surface area (Å²) >= 11 is 0. The van der Waals surface area contributed by atoms with Crippen molar-refractivity contribution >= 4 is 17.1 Å². The van der Waals surface area contributed by atoms with Gasteiger partial charge < -0.3 is 5.11 Å². The van der Waals surface area contributed by atoms with E-state index in [0.29, 0.717) is 12.0 Å². The molecule has 0 bridgehead atoms. The van der Waals surface area contributed by atoms with Crippen LogP contribution in [-0.2, 0) is 4.79 Å². The highest BCUT2D eigenvalue weighted by Crippen LogP contribution is 2.32. The van der Waals surface area contributed by atoms with Crippen molar-refractivity contribution in [1.82, 2.24) is 0 Å². The first kappa shape index (κ1) is 15.0. The van der Waals surface area contributed by atoms with E-state index < -0.39 is 5.97 Å². The molecule has 0 aliphatic heterocycles. The molecule has 0 heterocycles. The molecule has 0 saturated heterocycles. The number of carboxylic acid groups (broad SMARTS) is 1. The molecule has 2 rings (SSSR count). The molecular weight excluding hydrogens is 260 g/mol. The number of hydrogen-bond acceptors (Lipinski definition) is 1. The molecule has 21 heavy (non-hydrogen) atoms. The number of rotatable bonds is 4. The van der Waals surface area contributed by atoms with Crippen LogP contribution in [0.15, 0.2) is 48.5 Å². The Morgan fingerprint density at radius 1 is 1.00 bits per heavy atom. The van der Waals surface area contributed by atoms with Gasteiger partial charge in [0, 0.05) is 0 Å². The maximum Gasteiger partial charge on any atom is 0.336 e. The van der Waals surface area contributed by atoms with E-state index in [9.17, 15) is 9.90 Å². The number of allylic oxidation sites excluding steroid dienone is 1. The van der Waals surface area contributed by atoms with Crippen LogP contribution >= 0.6 is 0 Å². The maximum absolute atomic E-state index is 11.8. The Labute approximate surface area is 125 Å². The number of benzene rings is 2. The van der Waals surface area contributed by atoms with E-state index in [-0.39, 0.29) is 0 Å². The summed E-state index contributed by atoms with van der Waals surface area (Å²) in [6, 6.07) is 15.4. The van der Waals surface area contributed by atoms with Crippen molar-refractivity contribution in [3.63, 3.8) is 0 Å². The van der Waals surface area contributed by atoms with Crippen molar-refractivity contribution in [3.8, 4) is 0 Å². The van der Waals surface area contributed by atoms with E-state index >= 15 is 0 Å². The van der Waals surface area contributed by atoms with Crippen LogP contribution in [0.2, 0.25) is 0 Å². The second-order valence-electron chi connectivity index (χ2n) is 5.13. The summed E-state index contributed by atoms with van der Waals surface area (Å²) < 4.78 is 0. The highest BCUT2D eigenvalue weighted by Gasteiger charge is 2.18. The summed E-state index contributed by atoms with van der Waals surface area (Å²) in [5.74, 6) is -0.876. The van der Waals surface area contributed by atoms with Gasteiger partial charge in [-0.05, 0) is 48.1 Å². The normalized spacial score (nSPS) is 12.0. The smallest absolute Gasteiger partial charge is 0.336 e. The Hall–Kier alpha value is -2.35. The third-order valence-electron chi connectivity index (χ3n) is 3.86. The third kappa shape index (κ3) is 3.05. The quantitative estimate of drug-likeness (QED) is 0.650. The number of carboxylic acids is 1. The summed E-state index contributed by atoms with van der Waals surface area (Å²) in [6.07, 6.45) is 0.681. The molecule has 108 valence electrons. The molecule has 1 N–H and O–H groups in total.